The molecule has 0 spiro atoms. The number of rotatable bonds is 6. The van der Waals surface area contributed by atoms with Crippen molar-refractivity contribution in [3.05, 3.63) is 36.7 Å². The number of aromatic nitrogens is 2. The van der Waals surface area contributed by atoms with Crippen molar-refractivity contribution in [3.8, 4) is 16.9 Å². The molecular formula is C20H27N3O3. The van der Waals surface area contributed by atoms with E-state index in [1.165, 1.54) is 0 Å². The minimum Gasteiger partial charge on any atom is -0.494 e. The number of nitrogens with zero attached hydrogens (tertiary/aromatic N) is 3. The van der Waals surface area contributed by atoms with E-state index < -0.39 is 0 Å². The molecule has 0 N–H and O–H groups in total. The zero-order valence-corrected chi connectivity index (χ0v) is 15.7. The number of hydrogen-bond acceptors (Lipinski definition) is 4. The highest BCUT2D eigenvalue weighted by Gasteiger charge is 2.25. The highest BCUT2D eigenvalue weighted by Crippen LogP contribution is 2.22. The first-order valence-corrected chi connectivity index (χ1v) is 9.16. The quantitative estimate of drug-likeness (QED) is 0.746. The second kappa shape index (κ2) is 8.36. The fraction of sp³-hybridized carbons (Fsp3) is 0.500. The Balaban J connectivity index is 1.41. The number of ether oxygens (including phenoxy) is 2. The standard InChI is InChI=1S/C20H27N3O3/c1-15-12-23(13-16(2)26-15)20(24)5-4-10-25-19-8-6-17(7-9-19)18-11-21-22(3)14-18/h6-9,11,14-16H,4-5,10,12-13H2,1-3H3. The Kier molecular flexibility index (Phi) is 5.93. The van der Waals surface area contributed by atoms with Crippen molar-refractivity contribution >= 4 is 5.91 Å². The molecule has 1 fully saturated rings. The smallest absolute Gasteiger partial charge is 0.222 e. The van der Waals surface area contributed by atoms with Gasteiger partial charge in [0, 0.05) is 38.3 Å². The summed E-state index contributed by atoms with van der Waals surface area (Å²) in [6.07, 6.45) is 5.26. The van der Waals surface area contributed by atoms with E-state index in [0.29, 0.717) is 32.5 Å². The van der Waals surface area contributed by atoms with Gasteiger partial charge in [-0.3, -0.25) is 9.48 Å². The van der Waals surface area contributed by atoms with Crippen LogP contribution >= 0.6 is 0 Å². The molecule has 3 rings (SSSR count). The van der Waals surface area contributed by atoms with Crippen LogP contribution in [0.15, 0.2) is 36.7 Å². The normalized spacial score (nSPS) is 20.2. The molecular weight excluding hydrogens is 330 g/mol. The fourth-order valence-electron chi connectivity index (χ4n) is 3.27. The van der Waals surface area contributed by atoms with Gasteiger partial charge < -0.3 is 14.4 Å². The molecule has 26 heavy (non-hydrogen) atoms. The Labute approximate surface area is 154 Å². The van der Waals surface area contributed by atoms with E-state index in [1.807, 2.05) is 62.5 Å². The van der Waals surface area contributed by atoms with Gasteiger partial charge in [0.1, 0.15) is 5.75 Å². The van der Waals surface area contributed by atoms with Gasteiger partial charge in [0.2, 0.25) is 5.91 Å². The molecule has 2 heterocycles. The number of carbonyl (C=O) groups excluding carboxylic acids is 1. The number of hydrogen-bond donors (Lipinski definition) is 0. The number of benzene rings is 1. The van der Waals surface area contributed by atoms with E-state index in [1.54, 1.807) is 4.68 Å². The van der Waals surface area contributed by atoms with Crippen LogP contribution < -0.4 is 4.74 Å². The van der Waals surface area contributed by atoms with Crippen LogP contribution in [0.3, 0.4) is 0 Å². The Morgan fingerprint density at radius 2 is 1.88 bits per heavy atom. The van der Waals surface area contributed by atoms with E-state index in [0.717, 1.165) is 16.9 Å². The Bertz CT molecular complexity index is 716. The van der Waals surface area contributed by atoms with Gasteiger partial charge in [-0.2, -0.15) is 5.10 Å². The van der Waals surface area contributed by atoms with Gasteiger partial charge in [-0.25, -0.2) is 0 Å². The molecule has 2 aromatic rings. The lowest BCUT2D eigenvalue weighted by molar-refractivity contribution is -0.143. The number of morpholine rings is 1. The zero-order valence-electron chi connectivity index (χ0n) is 15.7. The van der Waals surface area contributed by atoms with Crippen LogP contribution in [-0.2, 0) is 16.6 Å². The predicted molar refractivity (Wildman–Crippen MR) is 100.0 cm³/mol. The molecule has 2 atom stereocenters. The van der Waals surface area contributed by atoms with Crippen LogP contribution in [0, 0.1) is 0 Å². The molecule has 1 saturated heterocycles. The first-order valence-electron chi connectivity index (χ1n) is 9.16. The van der Waals surface area contributed by atoms with Gasteiger partial charge in [-0.15, -0.1) is 0 Å². The molecule has 2 unspecified atom stereocenters. The average molecular weight is 357 g/mol. The second-order valence-electron chi connectivity index (χ2n) is 6.94. The van der Waals surface area contributed by atoms with Gasteiger partial charge in [-0.05, 0) is 38.0 Å². The molecule has 1 aromatic heterocycles. The van der Waals surface area contributed by atoms with Crippen LogP contribution in [0.4, 0.5) is 0 Å². The molecule has 140 valence electrons. The Hall–Kier alpha value is -2.34. The largest absolute Gasteiger partial charge is 0.494 e. The topological polar surface area (TPSA) is 56.6 Å². The van der Waals surface area contributed by atoms with Crippen LogP contribution in [-0.4, -0.2) is 52.5 Å². The van der Waals surface area contributed by atoms with E-state index in [2.05, 4.69) is 5.10 Å². The maximum absolute atomic E-state index is 12.3. The third kappa shape index (κ3) is 4.85. The van der Waals surface area contributed by atoms with Crippen molar-refractivity contribution in [1.29, 1.82) is 0 Å². The summed E-state index contributed by atoms with van der Waals surface area (Å²) >= 11 is 0. The first kappa shape index (κ1) is 18.5. The first-order chi connectivity index (χ1) is 12.5. The van der Waals surface area contributed by atoms with E-state index in [9.17, 15) is 4.79 Å². The summed E-state index contributed by atoms with van der Waals surface area (Å²) in [5.74, 6) is 1.00. The molecule has 0 radical (unpaired) electrons. The summed E-state index contributed by atoms with van der Waals surface area (Å²) < 4.78 is 13.2. The van der Waals surface area contributed by atoms with Gasteiger partial charge in [0.25, 0.3) is 0 Å². The zero-order chi connectivity index (χ0) is 18.5. The summed E-state index contributed by atoms with van der Waals surface area (Å²) in [5.41, 5.74) is 2.19. The van der Waals surface area contributed by atoms with Gasteiger partial charge in [-0.1, -0.05) is 12.1 Å². The lowest BCUT2D eigenvalue weighted by atomic mass is 10.1. The van der Waals surface area contributed by atoms with Crippen molar-refractivity contribution in [2.45, 2.75) is 38.9 Å². The lowest BCUT2D eigenvalue weighted by Crippen LogP contribution is -2.48. The van der Waals surface area contributed by atoms with Gasteiger partial charge >= 0.3 is 0 Å². The van der Waals surface area contributed by atoms with Crippen LogP contribution in [0.1, 0.15) is 26.7 Å². The summed E-state index contributed by atoms with van der Waals surface area (Å²) in [4.78, 5) is 14.2. The van der Waals surface area contributed by atoms with Crippen LogP contribution in [0.2, 0.25) is 0 Å². The van der Waals surface area contributed by atoms with Crippen molar-refractivity contribution in [2.75, 3.05) is 19.7 Å². The third-order valence-corrected chi connectivity index (χ3v) is 4.47. The van der Waals surface area contributed by atoms with Crippen LogP contribution in [0.5, 0.6) is 5.75 Å². The van der Waals surface area contributed by atoms with Gasteiger partial charge in [0.05, 0.1) is 25.0 Å². The maximum atomic E-state index is 12.3. The summed E-state index contributed by atoms with van der Waals surface area (Å²) in [6, 6.07) is 7.95. The van der Waals surface area contributed by atoms with Crippen molar-refractivity contribution < 1.29 is 14.3 Å². The summed E-state index contributed by atoms with van der Waals surface area (Å²) in [5, 5.41) is 4.18. The SMILES string of the molecule is CC1CN(C(=O)CCCOc2ccc(-c3cnn(C)c3)cc2)CC(C)O1. The summed E-state index contributed by atoms with van der Waals surface area (Å²) in [7, 11) is 1.90. The molecule has 1 aromatic carbocycles. The third-order valence-electron chi connectivity index (χ3n) is 4.47. The Morgan fingerprint density at radius 3 is 2.50 bits per heavy atom. The highest BCUT2D eigenvalue weighted by atomic mass is 16.5. The number of aryl methyl sites for hydroxylation is 1. The van der Waals surface area contributed by atoms with Crippen LogP contribution in [0.25, 0.3) is 11.1 Å². The molecule has 1 aliphatic rings. The molecule has 1 amide bonds. The Morgan fingerprint density at radius 1 is 1.19 bits per heavy atom. The summed E-state index contributed by atoms with van der Waals surface area (Å²) in [6.45, 7) is 5.91. The highest BCUT2D eigenvalue weighted by molar-refractivity contribution is 5.76. The molecule has 0 bridgehead atoms. The average Bonchev–Trinajstić information content (AvgIpc) is 3.04. The van der Waals surface area contributed by atoms with Crippen molar-refractivity contribution in [2.24, 2.45) is 7.05 Å². The molecule has 6 nitrogen and oxygen atoms in total. The van der Waals surface area contributed by atoms with Gasteiger partial charge in [0.15, 0.2) is 0 Å². The number of carbonyl (C=O) groups is 1. The molecule has 0 saturated carbocycles. The fourth-order valence-corrected chi connectivity index (χ4v) is 3.27. The van der Waals surface area contributed by atoms with Crippen molar-refractivity contribution in [3.63, 3.8) is 0 Å². The van der Waals surface area contributed by atoms with E-state index >= 15 is 0 Å². The van der Waals surface area contributed by atoms with E-state index in [-0.39, 0.29) is 18.1 Å². The number of amides is 1. The second-order valence-corrected chi connectivity index (χ2v) is 6.94. The lowest BCUT2D eigenvalue weighted by Gasteiger charge is -2.35. The monoisotopic (exact) mass is 357 g/mol. The van der Waals surface area contributed by atoms with E-state index in [4.69, 9.17) is 9.47 Å². The maximum Gasteiger partial charge on any atom is 0.222 e. The molecule has 1 aliphatic heterocycles. The minimum atomic E-state index is 0.109. The van der Waals surface area contributed by atoms with Crippen molar-refractivity contribution in [1.82, 2.24) is 14.7 Å². The predicted octanol–water partition coefficient (Wildman–Crippen LogP) is 2.88. The molecule has 0 aliphatic carbocycles. The molecule has 6 heteroatoms. The minimum absolute atomic E-state index is 0.109.